The van der Waals surface area contributed by atoms with E-state index >= 15 is 0 Å². The van der Waals surface area contributed by atoms with Gasteiger partial charge in [0, 0.05) is 28.9 Å². The summed E-state index contributed by atoms with van der Waals surface area (Å²) >= 11 is 0. The van der Waals surface area contributed by atoms with Crippen molar-refractivity contribution in [1.29, 1.82) is 5.39 Å². The molecule has 3 aromatic rings. The highest BCUT2D eigenvalue weighted by atomic mass is 14.9. The van der Waals surface area contributed by atoms with Crippen LogP contribution in [0.15, 0.2) is 66.7 Å². The van der Waals surface area contributed by atoms with Crippen molar-refractivity contribution < 1.29 is 0 Å². The molecule has 3 rings (SSSR count). The number of nitrogens with one attached hydrogen (secondary N) is 1. The Morgan fingerprint density at radius 1 is 0.789 bits per heavy atom. The summed E-state index contributed by atoms with van der Waals surface area (Å²) in [4.78, 5) is 3.14. The van der Waals surface area contributed by atoms with Crippen molar-refractivity contribution in [2.75, 3.05) is 5.32 Å². The predicted octanol–water partition coefficient (Wildman–Crippen LogP) is 5.07. The molecule has 0 atom stereocenters. The molecular formula is C16H12N3+. The summed E-state index contributed by atoms with van der Waals surface area (Å²) in [7, 11) is 0. The molecule has 0 radical (unpaired) electrons. The molecule has 0 aromatic heterocycles. The van der Waals surface area contributed by atoms with Crippen LogP contribution >= 0.6 is 0 Å². The molecule has 0 heterocycles. The third-order valence-electron chi connectivity index (χ3n) is 3.05. The molecule has 0 spiro atoms. The van der Waals surface area contributed by atoms with Crippen LogP contribution in [0.3, 0.4) is 0 Å². The van der Waals surface area contributed by atoms with Crippen LogP contribution in [0.2, 0.25) is 0 Å². The smallest absolute Gasteiger partial charge is 0.355 e. The Kier molecular flexibility index (Phi) is 2.83. The predicted molar refractivity (Wildman–Crippen MR) is 78.4 cm³/mol. The lowest BCUT2D eigenvalue weighted by atomic mass is 10.1. The lowest BCUT2D eigenvalue weighted by Gasteiger charge is -2.09. The van der Waals surface area contributed by atoms with Gasteiger partial charge in [-0.3, -0.25) is 0 Å². The minimum Gasteiger partial charge on any atom is -0.355 e. The first-order valence-electron chi connectivity index (χ1n) is 6.07. The molecule has 0 aliphatic heterocycles. The number of rotatable bonds is 2. The average molecular weight is 246 g/mol. The first kappa shape index (κ1) is 11.2. The molecule has 0 bridgehead atoms. The van der Waals surface area contributed by atoms with Crippen LogP contribution in [0.5, 0.6) is 0 Å². The maximum atomic E-state index is 8.66. The summed E-state index contributed by atoms with van der Waals surface area (Å²) in [6.07, 6.45) is 0. The van der Waals surface area contributed by atoms with Crippen LogP contribution in [-0.2, 0) is 0 Å². The van der Waals surface area contributed by atoms with Crippen molar-refractivity contribution in [1.82, 2.24) is 0 Å². The summed E-state index contributed by atoms with van der Waals surface area (Å²) < 4.78 is 0. The number of hydrogen-bond donors (Lipinski definition) is 1. The summed E-state index contributed by atoms with van der Waals surface area (Å²) in [6.45, 7) is 0. The monoisotopic (exact) mass is 246 g/mol. The number of hydrogen-bond acceptors (Lipinski definition) is 2. The summed E-state index contributed by atoms with van der Waals surface area (Å²) in [5.41, 5.74) is 2.57. The average Bonchev–Trinajstić information content (AvgIpc) is 2.48. The van der Waals surface area contributed by atoms with E-state index in [2.05, 4.69) is 28.5 Å². The molecule has 0 aliphatic carbocycles. The molecule has 3 nitrogen and oxygen atoms in total. The fraction of sp³-hybridized carbons (Fsp3) is 0. The van der Waals surface area contributed by atoms with Crippen molar-refractivity contribution in [3.8, 4) is 0 Å². The number of benzene rings is 3. The highest BCUT2D eigenvalue weighted by Gasteiger charge is 2.04. The van der Waals surface area contributed by atoms with Crippen molar-refractivity contribution in [3.63, 3.8) is 0 Å². The molecule has 1 N–H and O–H groups in total. The molecule has 0 saturated heterocycles. The topological polar surface area (TPSA) is 40.2 Å². The standard InChI is InChI=1S/C16H12N3/c17-19-14-10-8-13(9-11-14)18-16-7-3-5-12-4-1-2-6-15(12)16/h1-11,18H/q+1. The largest absolute Gasteiger partial charge is 0.385 e. The molecule has 90 valence electrons. The quantitative estimate of drug-likeness (QED) is 0.641. The van der Waals surface area contributed by atoms with E-state index in [-0.39, 0.29) is 0 Å². The highest BCUT2D eigenvalue weighted by molar-refractivity contribution is 5.95. The van der Waals surface area contributed by atoms with E-state index in [1.807, 2.05) is 36.4 Å². The van der Waals surface area contributed by atoms with E-state index in [9.17, 15) is 0 Å². The van der Waals surface area contributed by atoms with Crippen molar-refractivity contribution >= 4 is 27.8 Å². The van der Waals surface area contributed by atoms with Crippen LogP contribution in [0.4, 0.5) is 17.1 Å². The van der Waals surface area contributed by atoms with Crippen LogP contribution in [0, 0.1) is 5.39 Å². The first-order valence-corrected chi connectivity index (χ1v) is 6.07. The zero-order valence-electron chi connectivity index (χ0n) is 10.2. The van der Waals surface area contributed by atoms with E-state index in [1.54, 1.807) is 12.1 Å². The second-order valence-corrected chi connectivity index (χ2v) is 4.30. The third-order valence-corrected chi connectivity index (χ3v) is 3.05. The van der Waals surface area contributed by atoms with E-state index in [1.165, 1.54) is 10.8 Å². The van der Waals surface area contributed by atoms with Gasteiger partial charge in [0.05, 0.1) is 0 Å². The SMILES string of the molecule is N#[N+]c1ccc(Nc2cccc3ccccc23)cc1. The highest BCUT2D eigenvalue weighted by Crippen LogP contribution is 2.27. The Hall–Kier alpha value is -2.86. The molecule has 0 amide bonds. The van der Waals surface area contributed by atoms with Gasteiger partial charge >= 0.3 is 5.69 Å². The summed E-state index contributed by atoms with van der Waals surface area (Å²) in [5, 5.41) is 14.4. The van der Waals surface area contributed by atoms with Gasteiger partial charge in [0.1, 0.15) is 0 Å². The van der Waals surface area contributed by atoms with Gasteiger partial charge in [0.15, 0.2) is 4.98 Å². The van der Waals surface area contributed by atoms with E-state index in [0.29, 0.717) is 5.69 Å². The number of nitrogens with zero attached hydrogens (tertiary/aromatic N) is 2. The first-order chi connectivity index (χ1) is 9.36. The molecule has 0 aliphatic rings. The number of fused-ring (bicyclic) bond motifs is 1. The van der Waals surface area contributed by atoms with Gasteiger partial charge in [-0.1, -0.05) is 36.4 Å². The minimum atomic E-state index is 0.545. The van der Waals surface area contributed by atoms with Crippen LogP contribution in [0.1, 0.15) is 0 Å². The summed E-state index contributed by atoms with van der Waals surface area (Å²) in [5.74, 6) is 0. The van der Waals surface area contributed by atoms with Gasteiger partial charge in [0.25, 0.3) is 0 Å². The molecule has 3 heteroatoms. The Labute approximate surface area is 111 Å². The van der Waals surface area contributed by atoms with Gasteiger partial charge in [-0.2, -0.15) is 0 Å². The zero-order valence-corrected chi connectivity index (χ0v) is 10.2. The van der Waals surface area contributed by atoms with Crippen molar-refractivity contribution in [2.45, 2.75) is 0 Å². The van der Waals surface area contributed by atoms with E-state index < -0.39 is 0 Å². The third kappa shape index (κ3) is 2.24. The van der Waals surface area contributed by atoms with Crippen LogP contribution in [0.25, 0.3) is 15.7 Å². The van der Waals surface area contributed by atoms with Gasteiger partial charge < -0.3 is 5.32 Å². The molecule has 19 heavy (non-hydrogen) atoms. The maximum Gasteiger partial charge on any atom is 0.385 e. The Bertz CT molecular complexity index is 750. The van der Waals surface area contributed by atoms with Crippen LogP contribution < -0.4 is 5.32 Å². The zero-order chi connectivity index (χ0) is 13.1. The van der Waals surface area contributed by atoms with E-state index in [4.69, 9.17) is 5.39 Å². The Morgan fingerprint density at radius 2 is 1.53 bits per heavy atom. The van der Waals surface area contributed by atoms with Gasteiger partial charge in [-0.15, -0.1) is 0 Å². The normalized spacial score (nSPS) is 10.1. The van der Waals surface area contributed by atoms with Crippen LogP contribution in [-0.4, -0.2) is 0 Å². The fourth-order valence-corrected chi connectivity index (χ4v) is 2.10. The lowest BCUT2D eigenvalue weighted by molar-refractivity contribution is 1.46. The maximum absolute atomic E-state index is 8.66. The van der Waals surface area contributed by atoms with Crippen molar-refractivity contribution in [3.05, 3.63) is 71.7 Å². The second-order valence-electron chi connectivity index (χ2n) is 4.30. The molecular weight excluding hydrogens is 234 g/mol. The molecule has 0 fully saturated rings. The fourth-order valence-electron chi connectivity index (χ4n) is 2.10. The molecule has 0 saturated carbocycles. The van der Waals surface area contributed by atoms with Gasteiger partial charge in [0.2, 0.25) is 5.39 Å². The molecule has 3 aromatic carbocycles. The number of diazo groups is 1. The Morgan fingerprint density at radius 3 is 2.32 bits per heavy atom. The second kappa shape index (κ2) is 4.79. The minimum absolute atomic E-state index is 0.545. The van der Waals surface area contributed by atoms with Crippen molar-refractivity contribution in [2.24, 2.45) is 0 Å². The van der Waals surface area contributed by atoms with E-state index in [0.717, 1.165) is 11.4 Å². The Balaban J connectivity index is 1.99. The lowest BCUT2D eigenvalue weighted by Crippen LogP contribution is -1.90. The molecule has 0 unspecified atom stereocenters. The summed E-state index contributed by atoms with van der Waals surface area (Å²) in [6, 6.07) is 21.7. The van der Waals surface area contributed by atoms with Gasteiger partial charge in [-0.25, -0.2) is 0 Å². The van der Waals surface area contributed by atoms with Gasteiger partial charge in [-0.05, 0) is 23.6 Å². The number of anilines is 2.